The maximum absolute atomic E-state index is 6.17. The van der Waals surface area contributed by atoms with E-state index in [1.54, 1.807) is 12.1 Å². The number of nitrogens with one attached hydrogen (secondary N) is 2. The Labute approximate surface area is 216 Å². The summed E-state index contributed by atoms with van der Waals surface area (Å²) in [6, 6.07) is 6.12. The van der Waals surface area contributed by atoms with E-state index < -0.39 is 0 Å². The van der Waals surface area contributed by atoms with Gasteiger partial charge in [-0.25, -0.2) is 14.5 Å². The number of aromatic nitrogens is 7. The van der Waals surface area contributed by atoms with Crippen molar-refractivity contribution in [3.05, 3.63) is 52.7 Å². The highest BCUT2D eigenvalue weighted by atomic mass is 35.5. The second-order valence-electron chi connectivity index (χ2n) is 9.16. The highest BCUT2D eigenvalue weighted by molar-refractivity contribution is 6.42. The van der Waals surface area contributed by atoms with Crippen molar-refractivity contribution < 1.29 is 4.74 Å². The Morgan fingerprint density at radius 1 is 1.08 bits per heavy atom. The van der Waals surface area contributed by atoms with Gasteiger partial charge in [0.25, 0.3) is 0 Å². The SMILES string of the molecule is Clc1cc2nc(CNc3cc(N4CCOCC4)nn4c(-c5cnn(C6CC6)c5)cnc34)[nH]c2cc1Cl. The van der Waals surface area contributed by atoms with Crippen molar-refractivity contribution in [2.75, 3.05) is 36.5 Å². The molecule has 5 aromatic rings. The predicted molar refractivity (Wildman–Crippen MR) is 139 cm³/mol. The Bertz CT molecular complexity index is 1540. The highest BCUT2D eigenvalue weighted by Crippen LogP contribution is 2.35. The molecule has 7 rings (SSSR count). The summed E-state index contributed by atoms with van der Waals surface area (Å²) in [7, 11) is 0. The molecular weight excluding hydrogens is 501 g/mol. The number of anilines is 2. The van der Waals surface area contributed by atoms with E-state index in [1.807, 2.05) is 27.7 Å². The molecule has 0 radical (unpaired) electrons. The third-order valence-electron chi connectivity index (χ3n) is 6.63. The zero-order chi connectivity index (χ0) is 24.2. The van der Waals surface area contributed by atoms with Gasteiger partial charge in [-0.05, 0) is 25.0 Å². The molecule has 1 aliphatic heterocycles. The van der Waals surface area contributed by atoms with Gasteiger partial charge in [0.1, 0.15) is 5.82 Å². The fourth-order valence-electron chi connectivity index (χ4n) is 4.56. The third kappa shape index (κ3) is 3.95. The molecule has 0 atom stereocenters. The number of aromatic amines is 1. The Kier molecular flexibility index (Phi) is 5.26. The Hall–Kier alpha value is -3.34. The van der Waals surface area contributed by atoms with Crippen molar-refractivity contribution in [1.82, 2.24) is 34.3 Å². The first-order chi connectivity index (χ1) is 17.6. The summed E-state index contributed by atoms with van der Waals surface area (Å²) in [6.45, 7) is 3.39. The molecule has 0 spiro atoms. The average molecular weight is 524 g/mol. The molecule has 5 heterocycles. The summed E-state index contributed by atoms with van der Waals surface area (Å²) in [4.78, 5) is 14.9. The van der Waals surface area contributed by atoms with Crippen molar-refractivity contribution in [2.24, 2.45) is 0 Å². The number of ether oxygens (including phenoxy) is 1. The number of hydrogen-bond acceptors (Lipinski definition) is 7. The molecule has 1 aliphatic carbocycles. The lowest BCUT2D eigenvalue weighted by molar-refractivity contribution is 0.122. The van der Waals surface area contributed by atoms with Crippen molar-refractivity contribution in [3.8, 4) is 11.3 Å². The largest absolute Gasteiger partial charge is 0.378 e. The van der Waals surface area contributed by atoms with Crippen LogP contribution in [0, 0.1) is 0 Å². The van der Waals surface area contributed by atoms with Crippen molar-refractivity contribution in [2.45, 2.75) is 25.4 Å². The molecule has 2 fully saturated rings. The Morgan fingerprint density at radius 3 is 2.75 bits per heavy atom. The smallest absolute Gasteiger partial charge is 0.177 e. The molecular formula is C24H23Cl2N9O. The number of benzene rings is 1. The van der Waals surface area contributed by atoms with Crippen LogP contribution < -0.4 is 10.2 Å². The second-order valence-corrected chi connectivity index (χ2v) is 9.97. The number of rotatable bonds is 6. The van der Waals surface area contributed by atoms with Crippen LogP contribution in [-0.2, 0) is 11.3 Å². The minimum absolute atomic E-state index is 0.466. The van der Waals surface area contributed by atoms with Gasteiger partial charge in [0.05, 0.1) is 70.7 Å². The fraction of sp³-hybridized carbons (Fsp3) is 0.333. The zero-order valence-corrected chi connectivity index (χ0v) is 20.8. The van der Waals surface area contributed by atoms with Crippen LogP contribution in [0.3, 0.4) is 0 Å². The van der Waals surface area contributed by atoms with Crippen LogP contribution in [0.25, 0.3) is 27.9 Å². The Balaban J connectivity index is 1.25. The molecule has 12 heteroatoms. The molecule has 2 N–H and O–H groups in total. The van der Waals surface area contributed by atoms with E-state index in [0.29, 0.717) is 35.8 Å². The van der Waals surface area contributed by atoms with Crippen LogP contribution in [0.4, 0.5) is 11.5 Å². The van der Waals surface area contributed by atoms with E-state index in [1.165, 1.54) is 12.8 Å². The predicted octanol–water partition coefficient (Wildman–Crippen LogP) is 4.56. The second kappa shape index (κ2) is 8.65. The molecule has 1 saturated heterocycles. The molecule has 1 aromatic carbocycles. The topological polar surface area (TPSA) is 101 Å². The normalized spacial score (nSPS) is 16.3. The van der Waals surface area contributed by atoms with Gasteiger partial charge in [0.15, 0.2) is 11.5 Å². The van der Waals surface area contributed by atoms with Crippen LogP contribution in [0.2, 0.25) is 10.0 Å². The van der Waals surface area contributed by atoms with Crippen LogP contribution >= 0.6 is 23.2 Å². The highest BCUT2D eigenvalue weighted by Gasteiger charge is 2.25. The van der Waals surface area contributed by atoms with Crippen LogP contribution in [-0.4, -0.2) is 60.6 Å². The van der Waals surface area contributed by atoms with E-state index in [4.69, 9.17) is 38.0 Å². The van der Waals surface area contributed by atoms with Gasteiger partial charge in [-0.15, -0.1) is 5.10 Å². The van der Waals surface area contributed by atoms with Gasteiger partial charge in [0, 0.05) is 30.9 Å². The van der Waals surface area contributed by atoms with Gasteiger partial charge >= 0.3 is 0 Å². The monoisotopic (exact) mass is 523 g/mol. The van der Waals surface area contributed by atoms with Crippen molar-refractivity contribution in [1.29, 1.82) is 0 Å². The van der Waals surface area contributed by atoms with E-state index in [0.717, 1.165) is 58.4 Å². The van der Waals surface area contributed by atoms with Crippen LogP contribution in [0.15, 0.2) is 36.8 Å². The van der Waals surface area contributed by atoms with Gasteiger partial charge in [-0.1, -0.05) is 23.2 Å². The summed E-state index contributed by atoms with van der Waals surface area (Å²) in [5, 5.41) is 14.0. The van der Waals surface area contributed by atoms with Crippen molar-refractivity contribution >= 4 is 51.4 Å². The van der Waals surface area contributed by atoms with E-state index in [9.17, 15) is 0 Å². The maximum atomic E-state index is 6.17. The minimum Gasteiger partial charge on any atom is -0.378 e. The molecule has 36 heavy (non-hydrogen) atoms. The van der Waals surface area contributed by atoms with Gasteiger partial charge in [-0.3, -0.25) is 4.68 Å². The lowest BCUT2D eigenvalue weighted by atomic mass is 10.3. The lowest BCUT2D eigenvalue weighted by Crippen LogP contribution is -2.37. The first kappa shape index (κ1) is 21.9. The third-order valence-corrected chi connectivity index (χ3v) is 7.35. The average Bonchev–Trinajstić information content (AvgIpc) is 3.28. The molecule has 0 amide bonds. The Morgan fingerprint density at radius 2 is 1.92 bits per heavy atom. The molecule has 4 aromatic heterocycles. The first-order valence-electron chi connectivity index (χ1n) is 12.0. The number of H-pyrrole nitrogens is 1. The molecule has 0 bridgehead atoms. The van der Waals surface area contributed by atoms with Crippen molar-refractivity contribution in [3.63, 3.8) is 0 Å². The number of morpholine rings is 1. The number of halogens is 2. The molecule has 1 saturated carbocycles. The van der Waals surface area contributed by atoms with Gasteiger partial charge < -0.3 is 19.9 Å². The summed E-state index contributed by atoms with van der Waals surface area (Å²) >= 11 is 12.3. The summed E-state index contributed by atoms with van der Waals surface area (Å²) in [5.41, 5.74) is 5.12. The summed E-state index contributed by atoms with van der Waals surface area (Å²) in [6.07, 6.45) is 8.20. The first-order valence-corrected chi connectivity index (χ1v) is 12.7. The van der Waals surface area contributed by atoms with E-state index in [-0.39, 0.29) is 0 Å². The zero-order valence-electron chi connectivity index (χ0n) is 19.3. The standard InChI is InChI=1S/C24H23Cl2N9O/c25-16-7-18-19(8-17(16)26)31-22(30-18)12-27-20-9-23(33-3-5-36-6-4-33)32-35-21(11-28-24(20)35)14-10-29-34(13-14)15-1-2-15/h7-11,13,15,27H,1-6,12H2,(H,30,31). The van der Waals surface area contributed by atoms with E-state index in [2.05, 4.69) is 31.5 Å². The summed E-state index contributed by atoms with van der Waals surface area (Å²) in [5.74, 6) is 1.63. The molecule has 10 nitrogen and oxygen atoms in total. The molecule has 184 valence electrons. The maximum Gasteiger partial charge on any atom is 0.177 e. The van der Waals surface area contributed by atoms with Gasteiger partial charge in [0.2, 0.25) is 0 Å². The number of fused-ring (bicyclic) bond motifs is 2. The number of hydrogen-bond donors (Lipinski definition) is 2. The number of nitrogens with zero attached hydrogens (tertiary/aromatic N) is 7. The van der Waals surface area contributed by atoms with Crippen LogP contribution in [0.1, 0.15) is 24.7 Å². The van der Waals surface area contributed by atoms with E-state index >= 15 is 0 Å². The van der Waals surface area contributed by atoms with Crippen LogP contribution in [0.5, 0.6) is 0 Å². The molecule has 2 aliphatic rings. The van der Waals surface area contributed by atoms with Gasteiger partial charge in [-0.2, -0.15) is 5.10 Å². The summed E-state index contributed by atoms with van der Waals surface area (Å²) < 4.78 is 9.50. The lowest BCUT2D eigenvalue weighted by Gasteiger charge is -2.28. The molecule has 0 unspecified atom stereocenters. The minimum atomic E-state index is 0.466. The fourth-order valence-corrected chi connectivity index (χ4v) is 4.88. The quantitative estimate of drug-likeness (QED) is 0.336. The number of imidazole rings is 2.